The molecule has 3 aliphatic rings. The molecular formula is C21H19ClO3S. The smallest absolute Gasteiger partial charge is 0.154 e. The number of hydrogen-bond acceptors (Lipinski definition) is 4. The van der Waals surface area contributed by atoms with Crippen LogP contribution < -0.4 is 0 Å². The summed E-state index contributed by atoms with van der Waals surface area (Å²) in [6, 6.07) is 9.76. The number of ketones is 2. The number of carbonyl (C=O) groups excluding carboxylic acids is 2. The summed E-state index contributed by atoms with van der Waals surface area (Å²) in [7, 11) is 0. The molecule has 3 heterocycles. The summed E-state index contributed by atoms with van der Waals surface area (Å²) in [5.41, 5.74) is 1.99. The fraction of sp³-hybridized carbons (Fsp3) is 0.429. The van der Waals surface area contributed by atoms with Crippen LogP contribution in [0.15, 0.2) is 30.3 Å². The topological polar surface area (TPSA) is 43.4 Å². The summed E-state index contributed by atoms with van der Waals surface area (Å²) in [5, 5.41) is 0.700. The van der Waals surface area contributed by atoms with Crippen LogP contribution in [0, 0.1) is 11.8 Å². The molecule has 0 amide bonds. The van der Waals surface area contributed by atoms with Gasteiger partial charge in [-0.15, -0.1) is 11.3 Å². The number of rotatable bonds is 3. The van der Waals surface area contributed by atoms with Crippen LogP contribution in [0.4, 0.5) is 0 Å². The van der Waals surface area contributed by atoms with Gasteiger partial charge in [0.15, 0.2) is 11.6 Å². The second-order valence-corrected chi connectivity index (χ2v) is 9.00. The number of ether oxygens (including phenoxy) is 1. The Balaban J connectivity index is 1.55. The van der Waals surface area contributed by atoms with Crippen LogP contribution in [0.5, 0.6) is 0 Å². The van der Waals surface area contributed by atoms with E-state index >= 15 is 0 Å². The SMILES string of the molecule is CCc1sc(-c2ccc(Cl)cc2)cc1C1C(=O)[C@@H]2C3CCC(O3)[C@@H]2C1=O. The Morgan fingerprint density at radius 2 is 1.69 bits per heavy atom. The van der Waals surface area contributed by atoms with Crippen molar-refractivity contribution in [2.75, 3.05) is 0 Å². The molecule has 1 aromatic carbocycles. The highest BCUT2D eigenvalue weighted by Crippen LogP contribution is 2.53. The lowest BCUT2D eigenvalue weighted by Crippen LogP contribution is -2.29. The summed E-state index contributed by atoms with van der Waals surface area (Å²) in [4.78, 5) is 28.5. The zero-order valence-corrected chi connectivity index (χ0v) is 16.0. The molecule has 0 N–H and O–H groups in total. The third-order valence-corrected chi connectivity index (χ3v) is 7.70. The Labute approximate surface area is 161 Å². The van der Waals surface area contributed by atoms with Gasteiger partial charge in [0.2, 0.25) is 0 Å². The first kappa shape index (κ1) is 16.7. The van der Waals surface area contributed by atoms with Gasteiger partial charge in [0.25, 0.3) is 0 Å². The lowest BCUT2D eigenvalue weighted by molar-refractivity contribution is -0.127. The number of hydrogen-bond donors (Lipinski definition) is 0. The first-order valence-electron chi connectivity index (χ1n) is 9.20. The van der Waals surface area contributed by atoms with Crippen molar-refractivity contribution in [2.45, 2.75) is 44.3 Å². The first-order valence-corrected chi connectivity index (χ1v) is 10.4. The molecule has 134 valence electrons. The van der Waals surface area contributed by atoms with Crippen molar-refractivity contribution in [1.29, 1.82) is 0 Å². The first-order chi connectivity index (χ1) is 12.6. The van der Waals surface area contributed by atoms with Crippen LogP contribution >= 0.6 is 22.9 Å². The van der Waals surface area contributed by atoms with Crippen LogP contribution in [0.1, 0.15) is 36.1 Å². The van der Waals surface area contributed by atoms with Gasteiger partial charge in [0.1, 0.15) is 5.92 Å². The van der Waals surface area contributed by atoms with E-state index in [1.807, 2.05) is 24.3 Å². The summed E-state index contributed by atoms with van der Waals surface area (Å²) in [6.45, 7) is 2.08. The van der Waals surface area contributed by atoms with Crippen LogP contribution in [-0.2, 0) is 20.7 Å². The van der Waals surface area contributed by atoms with Crippen LogP contribution in [0.3, 0.4) is 0 Å². The van der Waals surface area contributed by atoms with Crippen LogP contribution in [0.25, 0.3) is 10.4 Å². The van der Waals surface area contributed by atoms with Crippen molar-refractivity contribution in [1.82, 2.24) is 0 Å². The standard InChI is InChI=1S/C21H19ClO3S/c1-2-15-12(9-16(26-15)10-3-5-11(22)6-4-10)17-20(23)18-13-7-8-14(25-13)19(18)21(17)24/h3-6,9,13-14,17-19H,2,7-8H2,1H3/t13?,14?,17?,18-,19+. The van der Waals surface area contributed by atoms with Crippen molar-refractivity contribution in [2.24, 2.45) is 11.8 Å². The number of carbonyl (C=O) groups is 2. The highest BCUT2D eigenvalue weighted by atomic mass is 35.5. The van der Waals surface area contributed by atoms with Crippen molar-refractivity contribution >= 4 is 34.5 Å². The van der Waals surface area contributed by atoms with E-state index in [1.54, 1.807) is 11.3 Å². The summed E-state index contributed by atoms with van der Waals surface area (Å²) < 4.78 is 5.86. The highest BCUT2D eigenvalue weighted by molar-refractivity contribution is 7.15. The summed E-state index contributed by atoms with van der Waals surface area (Å²) >= 11 is 7.67. The molecule has 1 aromatic heterocycles. The maximum atomic E-state index is 13.1. The van der Waals surface area contributed by atoms with E-state index in [0.29, 0.717) is 5.02 Å². The Kier molecular flexibility index (Phi) is 3.85. The number of benzene rings is 1. The minimum Gasteiger partial charge on any atom is -0.373 e. The van der Waals surface area contributed by atoms with Gasteiger partial charge in [0, 0.05) is 14.8 Å². The predicted octanol–water partition coefficient (Wildman–Crippen LogP) is 4.66. The number of thiophene rings is 1. The average molecular weight is 387 g/mol. The quantitative estimate of drug-likeness (QED) is 0.720. The third-order valence-electron chi connectivity index (χ3n) is 6.10. The lowest BCUT2D eigenvalue weighted by atomic mass is 9.81. The molecule has 3 fully saturated rings. The van der Waals surface area contributed by atoms with Gasteiger partial charge >= 0.3 is 0 Å². The molecule has 0 spiro atoms. The molecule has 1 saturated carbocycles. The monoisotopic (exact) mass is 386 g/mol. The Hall–Kier alpha value is -1.49. The van der Waals surface area contributed by atoms with E-state index < -0.39 is 5.92 Å². The summed E-state index contributed by atoms with van der Waals surface area (Å²) in [5.74, 6) is -0.848. The second kappa shape index (κ2) is 6.01. The van der Waals surface area contributed by atoms with Gasteiger partial charge in [-0.3, -0.25) is 9.59 Å². The molecule has 3 nitrogen and oxygen atoms in total. The molecule has 26 heavy (non-hydrogen) atoms. The molecule has 2 aliphatic heterocycles. The molecular weight excluding hydrogens is 368 g/mol. The van der Waals surface area contributed by atoms with Gasteiger partial charge < -0.3 is 4.74 Å². The van der Waals surface area contributed by atoms with E-state index in [-0.39, 0.29) is 35.6 Å². The minimum atomic E-state index is -0.593. The van der Waals surface area contributed by atoms with E-state index in [1.165, 1.54) is 0 Å². The van der Waals surface area contributed by atoms with E-state index in [0.717, 1.165) is 40.1 Å². The molecule has 5 atom stereocenters. The maximum Gasteiger partial charge on any atom is 0.154 e. The molecule has 1 aliphatic carbocycles. The number of fused-ring (bicyclic) bond motifs is 5. The number of halogens is 1. The van der Waals surface area contributed by atoms with Gasteiger partial charge in [-0.05, 0) is 48.6 Å². The predicted molar refractivity (Wildman–Crippen MR) is 102 cm³/mol. The van der Waals surface area contributed by atoms with Gasteiger partial charge in [-0.2, -0.15) is 0 Å². The number of aryl methyl sites for hydroxylation is 1. The van der Waals surface area contributed by atoms with Gasteiger partial charge in [0.05, 0.1) is 24.0 Å². The highest BCUT2D eigenvalue weighted by Gasteiger charge is 2.63. The minimum absolute atomic E-state index is 0.0362. The maximum absolute atomic E-state index is 13.1. The molecule has 5 rings (SSSR count). The molecule has 2 saturated heterocycles. The van der Waals surface area contributed by atoms with Crippen molar-refractivity contribution in [3.63, 3.8) is 0 Å². The van der Waals surface area contributed by atoms with E-state index in [2.05, 4.69) is 13.0 Å². The van der Waals surface area contributed by atoms with Crippen LogP contribution in [-0.4, -0.2) is 23.8 Å². The van der Waals surface area contributed by atoms with Crippen molar-refractivity contribution in [3.8, 4) is 10.4 Å². The molecule has 2 aromatic rings. The average Bonchev–Trinajstić information content (AvgIpc) is 3.39. The molecule has 0 radical (unpaired) electrons. The largest absolute Gasteiger partial charge is 0.373 e. The zero-order chi connectivity index (χ0) is 18.0. The fourth-order valence-electron chi connectivity index (χ4n) is 4.95. The Morgan fingerprint density at radius 3 is 2.27 bits per heavy atom. The Morgan fingerprint density at radius 1 is 1.08 bits per heavy atom. The van der Waals surface area contributed by atoms with Crippen molar-refractivity contribution < 1.29 is 14.3 Å². The normalized spacial score (nSPS) is 32.5. The zero-order valence-electron chi connectivity index (χ0n) is 14.4. The number of Topliss-reactive ketones (excluding diaryl/α,β-unsaturated/α-hetero) is 2. The van der Waals surface area contributed by atoms with Crippen molar-refractivity contribution in [3.05, 3.63) is 45.8 Å². The third kappa shape index (κ3) is 2.29. The second-order valence-electron chi connectivity index (χ2n) is 7.43. The molecule has 2 bridgehead atoms. The van der Waals surface area contributed by atoms with Gasteiger partial charge in [-0.1, -0.05) is 30.7 Å². The molecule has 3 unspecified atom stereocenters. The van der Waals surface area contributed by atoms with Gasteiger partial charge in [-0.25, -0.2) is 0 Å². The lowest BCUT2D eigenvalue weighted by Gasteiger charge is -2.16. The summed E-state index contributed by atoms with van der Waals surface area (Å²) in [6.07, 6.45) is 2.58. The van der Waals surface area contributed by atoms with E-state index in [9.17, 15) is 9.59 Å². The Bertz CT molecular complexity index is 872. The van der Waals surface area contributed by atoms with E-state index in [4.69, 9.17) is 16.3 Å². The van der Waals surface area contributed by atoms with Crippen LogP contribution in [0.2, 0.25) is 5.02 Å². The fourth-order valence-corrected chi connectivity index (χ4v) is 6.22. The molecule has 5 heteroatoms.